The molecule has 0 aromatic carbocycles. The van der Waals surface area contributed by atoms with Crippen LogP contribution in [-0.2, 0) is 0 Å². The van der Waals surface area contributed by atoms with Crippen LogP contribution < -0.4 is 15.4 Å². The molecule has 92 valence electrons. The lowest BCUT2D eigenvalue weighted by Crippen LogP contribution is -2.23. The van der Waals surface area contributed by atoms with E-state index in [1.54, 1.807) is 13.3 Å². The van der Waals surface area contributed by atoms with Gasteiger partial charge in [0.05, 0.1) is 19.0 Å². The van der Waals surface area contributed by atoms with E-state index < -0.39 is 0 Å². The van der Waals surface area contributed by atoms with E-state index in [9.17, 15) is 0 Å². The summed E-state index contributed by atoms with van der Waals surface area (Å²) in [6.45, 7) is 4.90. The third-order valence-corrected chi connectivity index (χ3v) is 2.89. The van der Waals surface area contributed by atoms with Crippen molar-refractivity contribution < 1.29 is 4.74 Å². The van der Waals surface area contributed by atoms with Gasteiger partial charge in [-0.15, -0.1) is 0 Å². The van der Waals surface area contributed by atoms with Crippen LogP contribution in [0.4, 0.5) is 5.69 Å². The lowest BCUT2D eigenvalue weighted by molar-refractivity contribution is 0.414. The first-order chi connectivity index (χ1) is 8.29. The Balaban J connectivity index is 2.02. The fourth-order valence-electron chi connectivity index (χ4n) is 1.89. The number of rotatable bonds is 4. The van der Waals surface area contributed by atoms with Crippen molar-refractivity contribution in [3.8, 4) is 5.75 Å². The molecule has 17 heavy (non-hydrogen) atoms. The predicted molar refractivity (Wildman–Crippen MR) is 69.6 cm³/mol. The number of anilines is 1. The maximum Gasteiger partial charge on any atom is 0.160 e. The first-order valence-electron chi connectivity index (χ1n) is 5.92. The number of nitrogens with zero attached hydrogens (tertiary/aromatic N) is 1. The summed E-state index contributed by atoms with van der Waals surface area (Å²) in [6.07, 6.45) is 5.12. The molecular weight excluding hydrogens is 214 g/mol. The molecular formula is C13H19N3O. The zero-order chi connectivity index (χ0) is 12.1. The van der Waals surface area contributed by atoms with Crippen LogP contribution in [0.15, 0.2) is 23.9 Å². The molecule has 1 aromatic rings. The Morgan fingerprint density at radius 3 is 3.12 bits per heavy atom. The summed E-state index contributed by atoms with van der Waals surface area (Å²) in [6, 6.07) is 2.01. The van der Waals surface area contributed by atoms with Crippen molar-refractivity contribution in [3.63, 3.8) is 0 Å². The molecule has 0 saturated carbocycles. The summed E-state index contributed by atoms with van der Waals surface area (Å²) >= 11 is 0. The summed E-state index contributed by atoms with van der Waals surface area (Å²) < 4.78 is 5.28. The number of pyridine rings is 1. The molecule has 0 bridgehead atoms. The largest absolute Gasteiger partial charge is 0.493 e. The van der Waals surface area contributed by atoms with E-state index in [0.717, 1.165) is 43.2 Å². The maximum absolute atomic E-state index is 5.28. The molecule has 1 aliphatic rings. The fourth-order valence-corrected chi connectivity index (χ4v) is 1.89. The maximum atomic E-state index is 5.28. The number of aromatic nitrogens is 1. The highest BCUT2D eigenvalue weighted by molar-refractivity contribution is 5.56. The highest BCUT2D eigenvalue weighted by Gasteiger charge is 2.06. The van der Waals surface area contributed by atoms with E-state index in [4.69, 9.17) is 4.74 Å². The quantitative estimate of drug-likeness (QED) is 0.777. The monoisotopic (exact) mass is 233 g/mol. The zero-order valence-corrected chi connectivity index (χ0v) is 10.4. The van der Waals surface area contributed by atoms with Crippen molar-refractivity contribution in [2.45, 2.75) is 13.3 Å². The molecule has 0 unspecified atom stereocenters. The van der Waals surface area contributed by atoms with Crippen LogP contribution in [0.1, 0.15) is 12.1 Å². The fraction of sp³-hybridized carbons (Fsp3) is 0.462. The van der Waals surface area contributed by atoms with Gasteiger partial charge in [0.1, 0.15) is 0 Å². The summed E-state index contributed by atoms with van der Waals surface area (Å²) in [4.78, 5) is 4.22. The number of hydrogen-bond donors (Lipinski definition) is 2. The van der Waals surface area contributed by atoms with Crippen LogP contribution in [0.2, 0.25) is 0 Å². The van der Waals surface area contributed by atoms with Crippen LogP contribution in [0.5, 0.6) is 5.75 Å². The van der Waals surface area contributed by atoms with Crippen LogP contribution >= 0.6 is 0 Å². The van der Waals surface area contributed by atoms with Gasteiger partial charge in [0.25, 0.3) is 0 Å². The van der Waals surface area contributed by atoms with Crippen molar-refractivity contribution in [2.24, 2.45) is 0 Å². The Morgan fingerprint density at radius 1 is 1.53 bits per heavy atom. The number of methoxy groups -OCH3 is 1. The second kappa shape index (κ2) is 5.68. The van der Waals surface area contributed by atoms with E-state index >= 15 is 0 Å². The van der Waals surface area contributed by atoms with Gasteiger partial charge in [0.2, 0.25) is 0 Å². The van der Waals surface area contributed by atoms with E-state index in [1.807, 2.05) is 13.0 Å². The zero-order valence-electron chi connectivity index (χ0n) is 10.4. The topological polar surface area (TPSA) is 46.2 Å². The Labute approximate surface area is 102 Å². The molecule has 0 fully saturated rings. The van der Waals surface area contributed by atoms with E-state index in [1.165, 1.54) is 5.57 Å². The molecule has 4 nitrogen and oxygen atoms in total. The second-order valence-corrected chi connectivity index (χ2v) is 4.20. The highest BCUT2D eigenvalue weighted by atomic mass is 16.5. The Morgan fingerprint density at radius 2 is 2.41 bits per heavy atom. The summed E-state index contributed by atoms with van der Waals surface area (Å²) in [5.41, 5.74) is 3.45. The Kier molecular flexibility index (Phi) is 3.98. The first-order valence-corrected chi connectivity index (χ1v) is 5.92. The molecule has 0 amide bonds. The van der Waals surface area contributed by atoms with Crippen LogP contribution in [0, 0.1) is 6.92 Å². The molecule has 2 rings (SSSR count). The summed E-state index contributed by atoms with van der Waals surface area (Å²) in [7, 11) is 1.67. The lowest BCUT2D eigenvalue weighted by Gasteiger charge is -2.16. The number of aryl methyl sites for hydroxylation is 1. The molecule has 0 saturated heterocycles. The minimum Gasteiger partial charge on any atom is -0.493 e. The van der Waals surface area contributed by atoms with Crippen LogP contribution in [-0.4, -0.2) is 31.7 Å². The van der Waals surface area contributed by atoms with Gasteiger partial charge in [-0.05, 0) is 26.0 Å². The molecule has 0 atom stereocenters. The number of ether oxygens (including phenoxy) is 1. The summed E-state index contributed by atoms with van der Waals surface area (Å²) in [5.74, 6) is 0.796. The van der Waals surface area contributed by atoms with Gasteiger partial charge in [0.15, 0.2) is 5.75 Å². The summed E-state index contributed by atoms with van der Waals surface area (Å²) in [5, 5.41) is 6.72. The van der Waals surface area contributed by atoms with E-state index in [2.05, 4.69) is 21.7 Å². The minimum atomic E-state index is 0.796. The molecule has 4 heteroatoms. The second-order valence-electron chi connectivity index (χ2n) is 4.20. The SMILES string of the molecule is COc1cnc(C)cc1NCC1=CCNCC1. The smallest absolute Gasteiger partial charge is 0.160 e. The van der Waals surface area contributed by atoms with Gasteiger partial charge >= 0.3 is 0 Å². The van der Waals surface area contributed by atoms with Gasteiger partial charge in [-0.1, -0.05) is 11.6 Å². The van der Waals surface area contributed by atoms with E-state index in [0.29, 0.717) is 0 Å². The molecule has 1 aliphatic heterocycles. The number of hydrogen-bond acceptors (Lipinski definition) is 4. The average molecular weight is 233 g/mol. The Bertz CT molecular complexity index is 415. The van der Waals surface area contributed by atoms with Crippen molar-refractivity contribution >= 4 is 5.69 Å². The Hall–Kier alpha value is -1.55. The van der Waals surface area contributed by atoms with Gasteiger partial charge in [0, 0.05) is 18.8 Å². The van der Waals surface area contributed by atoms with Crippen LogP contribution in [0.3, 0.4) is 0 Å². The lowest BCUT2D eigenvalue weighted by atomic mass is 10.1. The van der Waals surface area contributed by atoms with Crippen molar-refractivity contribution in [1.82, 2.24) is 10.3 Å². The molecule has 1 aromatic heterocycles. The molecule has 2 N–H and O–H groups in total. The minimum absolute atomic E-state index is 0.796. The van der Waals surface area contributed by atoms with Crippen molar-refractivity contribution in [1.29, 1.82) is 0 Å². The number of nitrogens with one attached hydrogen (secondary N) is 2. The average Bonchev–Trinajstić information content (AvgIpc) is 2.38. The first kappa shape index (κ1) is 11.9. The van der Waals surface area contributed by atoms with Gasteiger partial charge < -0.3 is 15.4 Å². The standard InChI is InChI=1S/C13H19N3O/c1-10-7-12(13(17-2)9-15-10)16-8-11-3-5-14-6-4-11/h3,7,9,14H,4-6,8H2,1-2H3,(H,15,16). The van der Waals surface area contributed by atoms with Crippen LogP contribution in [0.25, 0.3) is 0 Å². The third-order valence-electron chi connectivity index (χ3n) is 2.89. The van der Waals surface area contributed by atoms with Gasteiger partial charge in [-0.3, -0.25) is 4.98 Å². The predicted octanol–water partition coefficient (Wildman–Crippen LogP) is 1.73. The molecule has 2 heterocycles. The van der Waals surface area contributed by atoms with E-state index in [-0.39, 0.29) is 0 Å². The normalized spacial score (nSPS) is 15.3. The molecule has 0 spiro atoms. The molecule has 0 radical (unpaired) electrons. The van der Waals surface area contributed by atoms with Gasteiger partial charge in [-0.2, -0.15) is 0 Å². The van der Waals surface area contributed by atoms with Crippen molar-refractivity contribution in [3.05, 3.63) is 29.6 Å². The highest BCUT2D eigenvalue weighted by Crippen LogP contribution is 2.23. The third kappa shape index (κ3) is 3.20. The van der Waals surface area contributed by atoms with Crippen molar-refractivity contribution in [2.75, 3.05) is 32.1 Å². The van der Waals surface area contributed by atoms with Gasteiger partial charge in [-0.25, -0.2) is 0 Å². The molecule has 0 aliphatic carbocycles.